The molecule has 4 amide bonds. The van der Waals surface area contributed by atoms with Crippen molar-refractivity contribution in [1.29, 1.82) is 0 Å². The van der Waals surface area contributed by atoms with Crippen molar-refractivity contribution in [3.63, 3.8) is 0 Å². The lowest BCUT2D eigenvalue weighted by atomic mass is 9.89. The van der Waals surface area contributed by atoms with Crippen LogP contribution in [0.1, 0.15) is 70.8 Å². The summed E-state index contributed by atoms with van der Waals surface area (Å²) >= 11 is 0. The Hall–Kier alpha value is -3.24. The Labute approximate surface area is 220 Å². The van der Waals surface area contributed by atoms with E-state index in [-0.39, 0.29) is 48.2 Å². The Morgan fingerprint density at radius 2 is 1.50 bits per heavy atom. The molecule has 0 radical (unpaired) electrons. The van der Waals surface area contributed by atoms with Crippen LogP contribution in [0.3, 0.4) is 0 Å². The third-order valence-electron chi connectivity index (χ3n) is 7.19. The van der Waals surface area contributed by atoms with Crippen molar-refractivity contribution in [1.82, 2.24) is 15.1 Å². The minimum absolute atomic E-state index is 0.0215. The van der Waals surface area contributed by atoms with Crippen molar-refractivity contribution in [2.45, 2.75) is 76.9 Å². The summed E-state index contributed by atoms with van der Waals surface area (Å²) in [7, 11) is 0. The number of hydrogen-bond acceptors (Lipinski definition) is 6. The monoisotopic (exact) mass is 535 g/mol. The first-order valence-corrected chi connectivity index (χ1v) is 13.2. The average Bonchev–Trinajstić information content (AvgIpc) is 2.84. The Morgan fingerprint density at radius 1 is 0.921 bits per heavy atom. The molecule has 0 saturated carbocycles. The molecule has 1 N–H and O–H groups in total. The maximum absolute atomic E-state index is 14.8. The van der Waals surface area contributed by atoms with Gasteiger partial charge in [-0.05, 0) is 40.0 Å². The lowest BCUT2D eigenvalue weighted by Crippen LogP contribution is -2.48. The number of ether oxygens (including phenoxy) is 2. The van der Waals surface area contributed by atoms with Crippen LogP contribution >= 0.6 is 0 Å². The number of imide groups is 1. The highest BCUT2D eigenvalue weighted by molar-refractivity contribution is 6.01. The molecule has 3 saturated heterocycles. The zero-order valence-electron chi connectivity index (χ0n) is 22.1. The summed E-state index contributed by atoms with van der Waals surface area (Å²) in [6.07, 6.45) is 1.58. The molecule has 0 unspecified atom stereocenters. The average molecular weight is 536 g/mol. The van der Waals surface area contributed by atoms with Crippen molar-refractivity contribution in [3.05, 3.63) is 29.3 Å². The number of likely N-dealkylation sites (tertiary alicyclic amines) is 2. The van der Waals surface area contributed by atoms with Gasteiger partial charge in [0.2, 0.25) is 17.7 Å². The summed E-state index contributed by atoms with van der Waals surface area (Å²) in [5, 5.41) is 2.12. The molecular formula is C27H35F2N3O6. The summed E-state index contributed by atoms with van der Waals surface area (Å²) in [6, 6.07) is 2.14. The normalized spacial score (nSPS) is 21.8. The highest BCUT2D eigenvalue weighted by Crippen LogP contribution is 2.33. The number of nitrogens with zero attached hydrogens (tertiary/aromatic N) is 2. The van der Waals surface area contributed by atoms with E-state index >= 15 is 0 Å². The van der Waals surface area contributed by atoms with Crippen LogP contribution in [-0.4, -0.2) is 71.5 Å². The molecule has 11 heteroatoms. The van der Waals surface area contributed by atoms with E-state index < -0.39 is 35.0 Å². The number of nitrogens with one attached hydrogen (secondary N) is 1. The first-order valence-electron chi connectivity index (χ1n) is 13.2. The standard InChI is InChI=1S/C27H35F2N3O6/c1-27(2,3)38-26(36)32-10-6-16(7-11-32)25(35)31-12-8-17(9-13-31)37-18-14-20(28)23(21(29)15-18)19-4-5-22(33)30-24(19)34/h14-17,19H,4-13H2,1-3H3,(H,30,33,34)/t19-/m1/s1. The lowest BCUT2D eigenvalue weighted by molar-refractivity contribution is -0.139. The van der Waals surface area contributed by atoms with Crippen LogP contribution in [0.4, 0.5) is 13.6 Å². The molecule has 3 fully saturated rings. The molecule has 208 valence electrons. The van der Waals surface area contributed by atoms with E-state index in [0.717, 1.165) is 12.1 Å². The summed E-state index contributed by atoms with van der Waals surface area (Å²) < 4.78 is 40.8. The topological polar surface area (TPSA) is 105 Å². The van der Waals surface area contributed by atoms with Crippen molar-refractivity contribution in [2.24, 2.45) is 5.92 Å². The molecule has 1 aromatic carbocycles. The summed E-state index contributed by atoms with van der Waals surface area (Å²) in [5.41, 5.74) is -0.927. The molecule has 3 aliphatic rings. The van der Waals surface area contributed by atoms with Crippen molar-refractivity contribution in [3.8, 4) is 5.75 Å². The zero-order chi connectivity index (χ0) is 27.6. The minimum atomic E-state index is -1.06. The Morgan fingerprint density at radius 3 is 2.05 bits per heavy atom. The van der Waals surface area contributed by atoms with Crippen LogP contribution in [0, 0.1) is 17.6 Å². The number of carbonyl (C=O) groups is 4. The van der Waals surface area contributed by atoms with E-state index in [1.807, 2.05) is 20.8 Å². The fraction of sp³-hybridized carbons (Fsp3) is 0.630. The number of amides is 4. The highest BCUT2D eigenvalue weighted by Gasteiger charge is 2.35. The van der Waals surface area contributed by atoms with E-state index in [4.69, 9.17) is 9.47 Å². The molecule has 1 atom stereocenters. The molecular weight excluding hydrogens is 500 g/mol. The second-order valence-corrected chi connectivity index (χ2v) is 11.2. The molecule has 3 heterocycles. The SMILES string of the molecule is CC(C)(C)OC(=O)N1CCC(C(=O)N2CCC(Oc3cc(F)c([C@H]4CCC(=O)NC4=O)c(F)c3)CC2)CC1. The Balaban J connectivity index is 1.26. The van der Waals surface area contributed by atoms with Crippen LogP contribution in [0.5, 0.6) is 5.75 Å². The second kappa shape index (κ2) is 11.2. The molecule has 0 aromatic heterocycles. The Bertz CT molecular complexity index is 1070. The molecule has 0 aliphatic carbocycles. The summed E-state index contributed by atoms with van der Waals surface area (Å²) in [5.74, 6) is -4.09. The predicted octanol–water partition coefficient (Wildman–Crippen LogP) is 3.50. The molecule has 38 heavy (non-hydrogen) atoms. The van der Waals surface area contributed by atoms with E-state index in [2.05, 4.69) is 5.32 Å². The number of carbonyl (C=O) groups excluding carboxylic acids is 4. The fourth-order valence-corrected chi connectivity index (χ4v) is 5.21. The highest BCUT2D eigenvalue weighted by atomic mass is 19.1. The van der Waals surface area contributed by atoms with E-state index in [1.165, 1.54) is 0 Å². The first-order chi connectivity index (χ1) is 17.9. The zero-order valence-corrected chi connectivity index (χ0v) is 22.1. The van der Waals surface area contributed by atoms with Crippen LogP contribution in [0.25, 0.3) is 0 Å². The molecule has 1 aromatic rings. The summed E-state index contributed by atoms with van der Waals surface area (Å²) in [4.78, 5) is 52.1. The number of benzene rings is 1. The maximum Gasteiger partial charge on any atom is 0.410 e. The number of hydrogen-bond donors (Lipinski definition) is 1. The van der Waals surface area contributed by atoms with Gasteiger partial charge in [0.15, 0.2) is 0 Å². The smallest absolute Gasteiger partial charge is 0.410 e. The van der Waals surface area contributed by atoms with E-state index in [1.54, 1.807) is 9.80 Å². The molecule has 0 bridgehead atoms. The van der Waals surface area contributed by atoms with E-state index in [9.17, 15) is 28.0 Å². The minimum Gasteiger partial charge on any atom is -0.490 e. The number of piperidine rings is 3. The second-order valence-electron chi connectivity index (χ2n) is 11.2. The van der Waals surface area contributed by atoms with Gasteiger partial charge in [-0.15, -0.1) is 0 Å². The van der Waals surface area contributed by atoms with E-state index in [0.29, 0.717) is 51.9 Å². The van der Waals surface area contributed by atoms with Gasteiger partial charge in [-0.2, -0.15) is 0 Å². The van der Waals surface area contributed by atoms with Gasteiger partial charge in [0.1, 0.15) is 29.1 Å². The predicted molar refractivity (Wildman–Crippen MR) is 132 cm³/mol. The molecule has 9 nitrogen and oxygen atoms in total. The van der Waals surface area contributed by atoms with Crippen molar-refractivity contribution >= 4 is 23.8 Å². The van der Waals surface area contributed by atoms with Crippen molar-refractivity contribution in [2.75, 3.05) is 26.2 Å². The van der Waals surface area contributed by atoms with Crippen LogP contribution in [-0.2, 0) is 19.1 Å². The first kappa shape index (κ1) is 27.8. The Kier molecular flexibility index (Phi) is 8.22. The van der Waals surface area contributed by atoms with Gasteiger partial charge in [0, 0.05) is 69.1 Å². The fourth-order valence-electron chi connectivity index (χ4n) is 5.21. The number of rotatable bonds is 4. The largest absolute Gasteiger partial charge is 0.490 e. The third kappa shape index (κ3) is 6.60. The van der Waals surface area contributed by atoms with Gasteiger partial charge in [0.25, 0.3) is 0 Å². The van der Waals surface area contributed by atoms with Crippen LogP contribution in [0.15, 0.2) is 12.1 Å². The summed E-state index contributed by atoms with van der Waals surface area (Å²) in [6.45, 7) is 7.33. The van der Waals surface area contributed by atoms with Gasteiger partial charge in [-0.1, -0.05) is 0 Å². The molecule has 3 aliphatic heterocycles. The lowest BCUT2D eigenvalue weighted by Gasteiger charge is -2.37. The third-order valence-corrected chi connectivity index (χ3v) is 7.19. The molecule has 4 rings (SSSR count). The van der Waals surface area contributed by atoms with Gasteiger partial charge in [0.05, 0.1) is 5.92 Å². The quantitative estimate of drug-likeness (QED) is 0.592. The maximum atomic E-state index is 14.8. The van der Waals surface area contributed by atoms with Gasteiger partial charge in [-0.25, -0.2) is 13.6 Å². The van der Waals surface area contributed by atoms with Gasteiger partial charge < -0.3 is 19.3 Å². The van der Waals surface area contributed by atoms with Crippen molar-refractivity contribution < 1.29 is 37.4 Å². The number of halogens is 2. The molecule has 0 spiro atoms. The van der Waals surface area contributed by atoms with Gasteiger partial charge in [-0.3, -0.25) is 19.7 Å². The van der Waals surface area contributed by atoms with Crippen LogP contribution in [0.2, 0.25) is 0 Å². The van der Waals surface area contributed by atoms with Gasteiger partial charge >= 0.3 is 6.09 Å². The van der Waals surface area contributed by atoms with Crippen LogP contribution < -0.4 is 10.1 Å².